The van der Waals surface area contributed by atoms with E-state index in [0.717, 1.165) is 21.9 Å². The Hall–Kier alpha value is -2.16. The minimum absolute atomic E-state index is 0.0224. The second-order valence-electron chi connectivity index (χ2n) is 5.50. The van der Waals surface area contributed by atoms with E-state index in [1.54, 1.807) is 0 Å². The summed E-state index contributed by atoms with van der Waals surface area (Å²) < 4.78 is 1.52. The quantitative estimate of drug-likeness (QED) is 0.698. The van der Waals surface area contributed by atoms with Crippen LogP contribution in [0.3, 0.4) is 0 Å². The van der Waals surface area contributed by atoms with Gasteiger partial charge < -0.3 is 19.9 Å². The number of nitrogens with zero attached hydrogens (tertiary/aromatic N) is 2. The lowest BCUT2D eigenvalue weighted by Crippen LogP contribution is -2.47. The minimum atomic E-state index is -1.12. The van der Waals surface area contributed by atoms with Crippen LogP contribution >= 0.6 is 11.3 Å². The summed E-state index contributed by atoms with van der Waals surface area (Å²) in [4.78, 5) is 48.3. The highest BCUT2D eigenvalue weighted by molar-refractivity contribution is 7.09. The summed E-state index contributed by atoms with van der Waals surface area (Å²) in [6, 6.07) is -1.01. The molecule has 0 aliphatic rings. The van der Waals surface area contributed by atoms with Crippen LogP contribution in [0.4, 0.5) is 0 Å². The minimum Gasteiger partial charge on any atom is -0.480 e. The van der Waals surface area contributed by atoms with Crippen molar-refractivity contribution in [1.29, 1.82) is 0 Å². The maximum Gasteiger partial charge on any atom is 0.326 e. The molecule has 0 aliphatic heterocycles. The average molecular weight is 357 g/mol. The number of carbonyl (C=O) groups is 3. The Kier molecular flexibility index (Phi) is 7.15. The van der Waals surface area contributed by atoms with Gasteiger partial charge in [0.2, 0.25) is 11.8 Å². The molecule has 1 atom stereocenters. The van der Waals surface area contributed by atoms with Gasteiger partial charge in [-0.2, -0.15) is 0 Å². The standard InChI is InChI=1S/C15H23N3O5S/c1-9-11(3)24-15(23)18(9)7-5-13(20)17(10(2)14(21)22)8-6-16-12(4)19/h10H,5-8H2,1-4H3,(H,16,19)(H,21,22). The molecule has 8 nitrogen and oxygen atoms in total. The maximum absolute atomic E-state index is 12.4. The number of aryl methyl sites for hydroxylation is 1. The van der Waals surface area contributed by atoms with Gasteiger partial charge in [0, 0.05) is 43.5 Å². The van der Waals surface area contributed by atoms with Crippen LogP contribution in [0.15, 0.2) is 4.79 Å². The number of carboxylic acid groups (broad SMARTS) is 1. The van der Waals surface area contributed by atoms with Crippen molar-refractivity contribution in [3.8, 4) is 0 Å². The molecule has 0 saturated carbocycles. The Bertz CT molecular complexity index is 679. The van der Waals surface area contributed by atoms with Gasteiger partial charge in [0.25, 0.3) is 0 Å². The van der Waals surface area contributed by atoms with Crippen LogP contribution < -0.4 is 10.2 Å². The number of hydrogen-bond donors (Lipinski definition) is 2. The van der Waals surface area contributed by atoms with E-state index < -0.39 is 12.0 Å². The lowest BCUT2D eigenvalue weighted by atomic mass is 10.2. The number of aromatic nitrogens is 1. The molecule has 1 heterocycles. The fourth-order valence-electron chi connectivity index (χ4n) is 2.22. The second kappa shape index (κ2) is 8.62. The first-order valence-electron chi connectivity index (χ1n) is 7.58. The zero-order chi connectivity index (χ0) is 18.4. The molecule has 1 rings (SSSR count). The first-order chi connectivity index (χ1) is 11.1. The first kappa shape index (κ1) is 19.9. The molecule has 0 spiro atoms. The molecule has 0 radical (unpaired) electrons. The third kappa shape index (κ3) is 5.19. The third-order valence-electron chi connectivity index (χ3n) is 3.80. The molecule has 2 amide bonds. The van der Waals surface area contributed by atoms with Gasteiger partial charge in [-0.1, -0.05) is 11.3 Å². The largest absolute Gasteiger partial charge is 0.480 e. The molecule has 0 bridgehead atoms. The number of rotatable bonds is 8. The summed E-state index contributed by atoms with van der Waals surface area (Å²) in [5.41, 5.74) is 0.814. The molecule has 9 heteroatoms. The molecule has 0 saturated heterocycles. The van der Waals surface area contributed by atoms with Crippen LogP contribution in [0.25, 0.3) is 0 Å². The maximum atomic E-state index is 12.4. The Balaban J connectivity index is 2.78. The third-order valence-corrected chi connectivity index (χ3v) is 4.79. The molecule has 0 fully saturated rings. The summed E-state index contributed by atoms with van der Waals surface area (Å²) in [6.07, 6.45) is 0.0224. The average Bonchev–Trinajstić information content (AvgIpc) is 2.73. The van der Waals surface area contributed by atoms with Crippen molar-refractivity contribution < 1.29 is 19.5 Å². The molecule has 0 aromatic carbocycles. The van der Waals surface area contributed by atoms with Gasteiger partial charge in [-0.15, -0.1) is 0 Å². The van der Waals surface area contributed by atoms with Gasteiger partial charge in [0.15, 0.2) is 0 Å². The van der Waals surface area contributed by atoms with Crippen molar-refractivity contribution in [3.05, 3.63) is 20.2 Å². The summed E-state index contributed by atoms with van der Waals surface area (Å²) in [5.74, 6) is -1.74. The Labute approximate surface area is 144 Å². The Morgan fingerprint density at radius 2 is 1.96 bits per heavy atom. The Morgan fingerprint density at radius 1 is 1.33 bits per heavy atom. The van der Waals surface area contributed by atoms with E-state index in [0.29, 0.717) is 0 Å². The van der Waals surface area contributed by atoms with Gasteiger partial charge >= 0.3 is 10.8 Å². The lowest BCUT2D eigenvalue weighted by molar-refractivity contribution is -0.149. The van der Waals surface area contributed by atoms with Crippen molar-refractivity contribution in [1.82, 2.24) is 14.8 Å². The topological polar surface area (TPSA) is 109 Å². The fraction of sp³-hybridized carbons (Fsp3) is 0.600. The van der Waals surface area contributed by atoms with Crippen LogP contribution in [-0.2, 0) is 20.9 Å². The second-order valence-corrected chi connectivity index (χ2v) is 6.66. The highest BCUT2D eigenvalue weighted by Gasteiger charge is 2.25. The van der Waals surface area contributed by atoms with E-state index in [1.165, 1.54) is 23.3 Å². The monoisotopic (exact) mass is 357 g/mol. The van der Waals surface area contributed by atoms with E-state index in [2.05, 4.69) is 5.32 Å². The Morgan fingerprint density at radius 3 is 2.42 bits per heavy atom. The summed E-state index contributed by atoms with van der Waals surface area (Å²) in [5, 5.41) is 11.7. The molecule has 1 aromatic heterocycles. The molecule has 24 heavy (non-hydrogen) atoms. The van der Waals surface area contributed by atoms with Crippen LogP contribution in [0.5, 0.6) is 0 Å². The SMILES string of the molecule is CC(=O)NCCN(C(=O)CCn1c(C)c(C)sc1=O)C(C)C(=O)O. The molecule has 2 N–H and O–H groups in total. The van der Waals surface area contributed by atoms with Crippen LogP contribution in [-0.4, -0.2) is 51.5 Å². The van der Waals surface area contributed by atoms with Crippen LogP contribution in [0.1, 0.15) is 30.8 Å². The molecular formula is C15H23N3O5S. The van der Waals surface area contributed by atoms with Crippen molar-refractivity contribution in [3.63, 3.8) is 0 Å². The fourth-order valence-corrected chi connectivity index (χ4v) is 3.08. The van der Waals surface area contributed by atoms with Crippen LogP contribution in [0, 0.1) is 13.8 Å². The predicted octanol–water partition coefficient (Wildman–Crippen LogP) is 0.355. The predicted molar refractivity (Wildman–Crippen MR) is 90.2 cm³/mol. The van der Waals surface area contributed by atoms with E-state index >= 15 is 0 Å². The van der Waals surface area contributed by atoms with E-state index in [4.69, 9.17) is 5.11 Å². The van der Waals surface area contributed by atoms with Crippen molar-refractivity contribution >= 4 is 29.1 Å². The smallest absolute Gasteiger partial charge is 0.326 e. The van der Waals surface area contributed by atoms with E-state index in [1.807, 2.05) is 13.8 Å². The number of aliphatic carboxylic acids is 1. The molecular weight excluding hydrogens is 334 g/mol. The van der Waals surface area contributed by atoms with Gasteiger partial charge in [-0.3, -0.25) is 14.4 Å². The molecule has 134 valence electrons. The number of nitrogens with one attached hydrogen (secondary N) is 1. The molecule has 1 unspecified atom stereocenters. The van der Waals surface area contributed by atoms with Gasteiger partial charge in [-0.25, -0.2) is 4.79 Å². The molecule has 0 aliphatic carbocycles. The zero-order valence-electron chi connectivity index (χ0n) is 14.3. The van der Waals surface area contributed by atoms with Crippen molar-refractivity contribution in [2.45, 2.75) is 46.7 Å². The lowest BCUT2D eigenvalue weighted by Gasteiger charge is -2.26. The van der Waals surface area contributed by atoms with E-state index in [-0.39, 0.29) is 42.7 Å². The number of carbonyl (C=O) groups excluding carboxylic acids is 2. The number of amides is 2. The van der Waals surface area contributed by atoms with E-state index in [9.17, 15) is 19.2 Å². The number of hydrogen-bond acceptors (Lipinski definition) is 5. The normalized spacial score (nSPS) is 11.8. The highest BCUT2D eigenvalue weighted by atomic mass is 32.1. The van der Waals surface area contributed by atoms with Gasteiger partial charge in [0.05, 0.1) is 0 Å². The summed E-state index contributed by atoms with van der Waals surface area (Å²) in [7, 11) is 0. The van der Waals surface area contributed by atoms with Gasteiger partial charge in [-0.05, 0) is 20.8 Å². The number of thiazole rings is 1. The zero-order valence-corrected chi connectivity index (χ0v) is 15.1. The summed E-state index contributed by atoms with van der Waals surface area (Å²) in [6.45, 7) is 6.90. The van der Waals surface area contributed by atoms with Crippen molar-refractivity contribution in [2.24, 2.45) is 0 Å². The van der Waals surface area contributed by atoms with Gasteiger partial charge in [0.1, 0.15) is 6.04 Å². The van der Waals surface area contributed by atoms with Crippen LogP contribution in [0.2, 0.25) is 0 Å². The number of carboxylic acids is 1. The highest BCUT2D eigenvalue weighted by Crippen LogP contribution is 2.11. The summed E-state index contributed by atoms with van der Waals surface area (Å²) >= 11 is 1.13. The molecule has 1 aromatic rings. The first-order valence-corrected chi connectivity index (χ1v) is 8.40. The van der Waals surface area contributed by atoms with Crippen molar-refractivity contribution in [2.75, 3.05) is 13.1 Å².